The van der Waals surface area contributed by atoms with E-state index in [1.807, 2.05) is 0 Å². The zero-order valence-electron chi connectivity index (χ0n) is 13.6. The molecule has 4 rings (SSSR count). The van der Waals surface area contributed by atoms with E-state index in [4.69, 9.17) is 21.1 Å². The summed E-state index contributed by atoms with van der Waals surface area (Å²) in [5.41, 5.74) is 0.384. The van der Waals surface area contributed by atoms with E-state index in [9.17, 15) is 19.5 Å². The van der Waals surface area contributed by atoms with Gasteiger partial charge in [-0.25, -0.2) is 9.69 Å². The standard InChI is InChI=1S/C18H11ClN2O6/c19-12-6-9(1-3-13(12)22)5-11-16(23)20-18(25)21(17(11)24)10-2-4-14-15(7-10)27-8-26-14/h1-7,22H,8H2,(H,20,23,25). The number of carbonyl (C=O) groups is 3. The molecule has 0 radical (unpaired) electrons. The van der Waals surface area contributed by atoms with Crippen LogP contribution in [-0.4, -0.2) is 29.7 Å². The number of imide groups is 2. The third-order valence-corrected chi connectivity index (χ3v) is 4.30. The van der Waals surface area contributed by atoms with Crippen LogP contribution >= 0.6 is 11.6 Å². The van der Waals surface area contributed by atoms with Gasteiger partial charge in [0.1, 0.15) is 11.3 Å². The lowest BCUT2D eigenvalue weighted by Crippen LogP contribution is -2.54. The van der Waals surface area contributed by atoms with Crippen molar-refractivity contribution < 1.29 is 29.0 Å². The Morgan fingerprint density at radius 2 is 1.85 bits per heavy atom. The number of hydrogen-bond acceptors (Lipinski definition) is 6. The number of urea groups is 1. The summed E-state index contributed by atoms with van der Waals surface area (Å²) in [6, 6.07) is 7.89. The van der Waals surface area contributed by atoms with Gasteiger partial charge in [-0.15, -0.1) is 0 Å². The Hall–Kier alpha value is -3.52. The minimum absolute atomic E-state index is 0.0458. The fraction of sp³-hybridized carbons (Fsp3) is 0.0556. The minimum atomic E-state index is -0.871. The van der Waals surface area contributed by atoms with Crippen LogP contribution in [0.1, 0.15) is 5.56 Å². The van der Waals surface area contributed by atoms with Crippen molar-refractivity contribution in [2.45, 2.75) is 0 Å². The maximum atomic E-state index is 12.8. The van der Waals surface area contributed by atoms with Crippen LogP contribution in [-0.2, 0) is 9.59 Å². The number of halogens is 1. The second kappa shape index (κ2) is 6.33. The van der Waals surface area contributed by atoms with Crippen LogP contribution in [0.25, 0.3) is 6.08 Å². The monoisotopic (exact) mass is 386 g/mol. The van der Waals surface area contributed by atoms with Gasteiger partial charge in [0.15, 0.2) is 11.5 Å². The topological polar surface area (TPSA) is 105 Å². The number of hydrogen-bond donors (Lipinski definition) is 2. The van der Waals surface area contributed by atoms with Crippen molar-refractivity contribution in [3.63, 3.8) is 0 Å². The van der Waals surface area contributed by atoms with Crippen molar-refractivity contribution in [3.05, 3.63) is 52.6 Å². The molecule has 27 heavy (non-hydrogen) atoms. The fourth-order valence-corrected chi connectivity index (χ4v) is 2.88. The highest BCUT2D eigenvalue weighted by Crippen LogP contribution is 2.36. The van der Waals surface area contributed by atoms with Gasteiger partial charge in [-0.3, -0.25) is 14.9 Å². The number of barbiturate groups is 1. The Bertz CT molecular complexity index is 1030. The average Bonchev–Trinajstić information content (AvgIpc) is 3.09. The van der Waals surface area contributed by atoms with Crippen LogP contribution in [0.15, 0.2) is 42.0 Å². The Morgan fingerprint density at radius 3 is 2.63 bits per heavy atom. The molecule has 1 saturated heterocycles. The van der Waals surface area contributed by atoms with Gasteiger partial charge in [-0.05, 0) is 35.9 Å². The van der Waals surface area contributed by atoms with Crippen LogP contribution in [0.3, 0.4) is 0 Å². The lowest BCUT2D eigenvalue weighted by atomic mass is 10.1. The molecule has 0 aliphatic carbocycles. The number of amides is 4. The van der Waals surface area contributed by atoms with Crippen LogP contribution in [0.4, 0.5) is 10.5 Å². The number of fused-ring (bicyclic) bond motifs is 1. The molecule has 2 aliphatic heterocycles. The molecule has 136 valence electrons. The minimum Gasteiger partial charge on any atom is -0.506 e. The maximum absolute atomic E-state index is 12.8. The first-order valence-corrected chi connectivity index (χ1v) is 8.11. The number of nitrogens with zero attached hydrogens (tertiary/aromatic N) is 1. The number of ether oxygens (including phenoxy) is 2. The van der Waals surface area contributed by atoms with Gasteiger partial charge in [0, 0.05) is 6.07 Å². The van der Waals surface area contributed by atoms with Crippen molar-refractivity contribution in [2.75, 3.05) is 11.7 Å². The van der Waals surface area contributed by atoms with Gasteiger partial charge in [0.25, 0.3) is 11.8 Å². The Labute approximate surface area is 157 Å². The summed E-state index contributed by atoms with van der Waals surface area (Å²) < 4.78 is 10.5. The van der Waals surface area contributed by atoms with Gasteiger partial charge in [-0.1, -0.05) is 17.7 Å². The smallest absolute Gasteiger partial charge is 0.335 e. The summed E-state index contributed by atoms with van der Waals surface area (Å²) >= 11 is 5.85. The first-order valence-electron chi connectivity index (χ1n) is 7.73. The molecule has 0 atom stereocenters. The van der Waals surface area contributed by atoms with Crippen LogP contribution in [0.2, 0.25) is 5.02 Å². The van der Waals surface area contributed by atoms with E-state index in [0.29, 0.717) is 17.1 Å². The zero-order valence-corrected chi connectivity index (χ0v) is 14.3. The van der Waals surface area contributed by atoms with E-state index in [1.54, 1.807) is 6.07 Å². The molecule has 9 heteroatoms. The van der Waals surface area contributed by atoms with Gasteiger partial charge in [0.05, 0.1) is 10.7 Å². The fourth-order valence-electron chi connectivity index (χ4n) is 2.70. The molecule has 2 N–H and O–H groups in total. The van der Waals surface area contributed by atoms with Crippen molar-refractivity contribution >= 4 is 41.2 Å². The van der Waals surface area contributed by atoms with Crippen LogP contribution < -0.4 is 19.7 Å². The number of phenolic OH excluding ortho intramolecular Hbond substituents is 1. The predicted molar refractivity (Wildman–Crippen MR) is 94.7 cm³/mol. The van der Waals surface area contributed by atoms with E-state index < -0.39 is 17.8 Å². The van der Waals surface area contributed by atoms with Crippen molar-refractivity contribution in [3.8, 4) is 17.2 Å². The first-order chi connectivity index (χ1) is 12.9. The van der Waals surface area contributed by atoms with E-state index in [1.165, 1.54) is 36.4 Å². The summed E-state index contributed by atoms with van der Waals surface area (Å²) in [6.45, 7) is 0.0458. The van der Waals surface area contributed by atoms with Crippen LogP contribution in [0.5, 0.6) is 17.2 Å². The maximum Gasteiger partial charge on any atom is 0.335 e. The highest BCUT2D eigenvalue weighted by Gasteiger charge is 2.37. The highest BCUT2D eigenvalue weighted by atomic mass is 35.5. The summed E-state index contributed by atoms with van der Waals surface area (Å²) in [5.74, 6) is -0.872. The van der Waals surface area contributed by atoms with Gasteiger partial charge in [0.2, 0.25) is 6.79 Å². The quantitative estimate of drug-likeness (QED) is 0.606. The molecule has 0 bridgehead atoms. The molecule has 2 aliphatic rings. The van der Waals surface area contributed by atoms with E-state index in [2.05, 4.69) is 5.32 Å². The molecular formula is C18H11ClN2O6. The average molecular weight is 387 g/mol. The molecule has 0 unspecified atom stereocenters. The number of carbonyl (C=O) groups excluding carboxylic acids is 3. The normalized spacial score (nSPS) is 17.4. The summed E-state index contributed by atoms with van der Waals surface area (Å²) in [5, 5.41) is 11.7. The molecule has 2 aromatic rings. The Kier molecular flexibility index (Phi) is 3.97. The lowest BCUT2D eigenvalue weighted by Gasteiger charge is -2.26. The summed E-state index contributed by atoms with van der Waals surface area (Å²) in [7, 11) is 0. The second-order valence-electron chi connectivity index (χ2n) is 5.71. The number of anilines is 1. The number of phenols is 1. The predicted octanol–water partition coefficient (Wildman–Crippen LogP) is 2.44. The third kappa shape index (κ3) is 2.96. The molecule has 4 amide bonds. The number of rotatable bonds is 2. The van der Waals surface area contributed by atoms with Crippen LogP contribution in [0, 0.1) is 0 Å². The van der Waals surface area contributed by atoms with Crippen molar-refractivity contribution in [2.24, 2.45) is 0 Å². The largest absolute Gasteiger partial charge is 0.506 e. The Balaban J connectivity index is 1.72. The van der Waals surface area contributed by atoms with Gasteiger partial charge in [-0.2, -0.15) is 0 Å². The lowest BCUT2D eigenvalue weighted by molar-refractivity contribution is -0.122. The molecular weight excluding hydrogens is 376 g/mol. The van der Waals surface area contributed by atoms with E-state index in [0.717, 1.165) is 4.90 Å². The summed E-state index contributed by atoms with van der Waals surface area (Å²) in [6.07, 6.45) is 1.29. The summed E-state index contributed by atoms with van der Waals surface area (Å²) in [4.78, 5) is 38.0. The third-order valence-electron chi connectivity index (χ3n) is 4.00. The van der Waals surface area contributed by atoms with E-state index in [-0.39, 0.29) is 28.8 Å². The van der Waals surface area contributed by atoms with Gasteiger partial charge >= 0.3 is 6.03 Å². The second-order valence-corrected chi connectivity index (χ2v) is 6.11. The molecule has 2 heterocycles. The number of benzene rings is 2. The Morgan fingerprint density at radius 1 is 1.07 bits per heavy atom. The molecule has 1 fully saturated rings. The zero-order chi connectivity index (χ0) is 19.1. The first kappa shape index (κ1) is 16.9. The highest BCUT2D eigenvalue weighted by molar-refractivity contribution is 6.39. The SMILES string of the molecule is O=C1NC(=O)N(c2ccc3c(c2)OCO3)C(=O)C1=Cc1ccc(O)c(Cl)c1. The van der Waals surface area contributed by atoms with Crippen molar-refractivity contribution in [1.82, 2.24) is 5.32 Å². The van der Waals surface area contributed by atoms with E-state index >= 15 is 0 Å². The number of aromatic hydroxyl groups is 1. The molecule has 0 saturated carbocycles. The molecule has 0 spiro atoms. The van der Waals surface area contributed by atoms with Crippen molar-refractivity contribution in [1.29, 1.82) is 0 Å². The van der Waals surface area contributed by atoms with Gasteiger partial charge < -0.3 is 14.6 Å². The molecule has 0 aromatic heterocycles. The molecule has 8 nitrogen and oxygen atoms in total. The number of nitrogens with one attached hydrogen (secondary N) is 1. The molecule has 2 aromatic carbocycles.